The quantitative estimate of drug-likeness (QED) is 0.232. The number of hydrogen-bond acceptors (Lipinski definition) is 0. The first-order chi connectivity index (χ1) is 12.2. The maximum Gasteiger partial charge on any atom is -0.0395 e. The van der Waals surface area contributed by atoms with E-state index in [0.717, 1.165) is 0 Å². The van der Waals surface area contributed by atoms with E-state index >= 15 is 0 Å². The van der Waals surface area contributed by atoms with Gasteiger partial charge in [0.2, 0.25) is 0 Å². The predicted molar refractivity (Wildman–Crippen MR) is 117 cm³/mol. The first kappa shape index (κ1) is 25.2. The molecule has 1 aromatic carbocycles. The summed E-state index contributed by atoms with van der Waals surface area (Å²) in [6.07, 6.45) is 20.7. The molecule has 0 spiro atoms. The average Bonchev–Trinajstić information content (AvgIpc) is 2.62. The van der Waals surface area contributed by atoms with Crippen molar-refractivity contribution in [3.8, 4) is 0 Å². The van der Waals surface area contributed by atoms with Crippen LogP contribution in [0.2, 0.25) is 3.67 Å². The van der Waals surface area contributed by atoms with Crippen LogP contribution >= 0.6 is 0 Å². The van der Waals surface area contributed by atoms with Gasteiger partial charge in [-0.3, -0.25) is 0 Å². The van der Waals surface area contributed by atoms with Gasteiger partial charge in [-0.1, -0.05) is 50.5 Å². The molecule has 0 bridgehead atoms. The molecule has 140 valence electrons. The number of aryl methyl sites for hydroxylation is 2. The van der Waals surface area contributed by atoms with Gasteiger partial charge in [0.1, 0.15) is 0 Å². The van der Waals surface area contributed by atoms with Gasteiger partial charge < -0.3 is 0 Å². The van der Waals surface area contributed by atoms with Crippen LogP contribution in [-0.2, 0) is 0 Å². The molecule has 0 aromatic heterocycles. The summed E-state index contributed by atoms with van der Waals surface area (Å²) >= 11 is 1.41. The number of rotatable bonds is 14. The third kappa shape index (κ3) is 18.8. The summed E-state index contributed by atoms with van der Waals surface area (Å²) < 4.78 is 1.51. The number of benzene rings is 1. The van der Waals surface area contributed by atoms with Gasteiger partial charge in [0, 0.05) is 0 Å². The Morgan fingerprint density at radius 3 is 1.16 bits per heavy atom. The Hall–Kier alpha value is 0.220. The summed E-state index contributed by atoms with van der Waals surface area (Å²) in [5.41, 5.74) is 2.74. The minimum atomic E-state index is 1.37. The molecule has 1 aromatic rings. The summed E-state index contributed by atoms with van der Waals surface area (Å²) in [6, 6.07) is 8.36. The van der Waals surface area contributed by atoms with E-state index in [1.54, 1.807) is 0 Å². The van der Waals surface area contributed by atoms with E-state index in [2.05, 4.69) is 45.0 Å². The first-order valence-corrected chi connectivity index (χ1v) is 12.7. The van der Waals surface area contributed by atoms with Gasteiger partial charge in [0.25, 0.3) is 0 Å². The second-order valence-corrected chi connectivity index (χ2v) is 8.68. The van der Waals surface area contributed by atoms with Gasteiger partial charge in [-0.15, -0.1) is 0 Å². The summed E-state index contributed by atoms with van der Waals surface area (Å²) in [4.78, 5) is 0. The molecule has 1 heteroatoms. The van der Waals surface area contributed by atoms with Crippen LogP contribution in [0.25, 0.3) is 0 Å². The molecule has 0 atom stereocenters. The zero-order valence-corrected chi connectivity index (χ0v) is 19.9. The van der Waals surface area contributed by atoms with Crippen molar-refractivity contribution in [3.63, 3.8) is 0 Å². The van der Waals surface area contributed by atoms with Crippen molar-refractivity contribution in [2.45, 2.75) is 114 Å². The van der Waals surface area contributed by atoms with E-state index in [4.69, 9.17) is 0 Å². The second-order valence-electron chi connectivity index (χ2n) is 7.68. The van der Waals surface area contributed by atoms with E-state index in [1.165, 1.54) is 133 Å². The van der Waals surface area contributed by atoms with Gasteiger partial charge in [-0.2, -0.15) is 0 Å². The molecule has 0 saturated heterocycles. The summed E-state index contributed by atoms with van der Waals surface area (Å²) in [7, 11) is 0. The fourth-order valence-electron chi connectivity index (χ4n) is 3.11. The molecule has 0 radical (unpaired) electrons. The molecule has 0 heterocycles. The van der Waals surface area contributed by atoms with Gasteiger partial charge in [0.15, 0.2) is 0 Å². The van der Waals surface area contributed by atoms with Gasteiger partial charge in [-0.25, -0.2) is 0 Å². The molecule has 0 nitrogen and oxygen atoms in total. The molecule has 0 aliphatic carbocycles. The maximum atomic E-state index is 2.29. The maximum absolute atomic E-state index is 2.29. The third-order valence-corrected chi connectivity index (χ3v) is 5.84. The molecule has 0 N–H and O–H groups in total. The van der Waals surface area contributed by atoms with Crippen LogP contribution in [0.15, 0.2) is 24.3 Å². The molecule has 0 aliphatic heterocycles. The van der Waals surface area contributed by atoms with E-state index in [1.807, 2.05) is 0 Å². The summed E-state index contributed by atoms with van der Waals surface area (Å²) in [5.74, 6) is 0. The van der Waals surface area contributed by atoms with Crippen LogP contribution < -0.4 is 0 Å². The molecule has 0 fully saturated rings. The minimum absolute atomic E-state index is 1.37. The van der Waals surface area contributed by atoms with E-state index in [-0.39, 0.29) is 0 Å². The van der Waals surface area contributed by atoms with Crippen molar-refractivity contribution >= 4 is 27.9 Å². The van der Waals surface area contributed by atoms with Crippen molar-refractivity contribution in [2.75, 3.05) is 0 Å². The largest absolute Gasteiger partial charge is 0.0620 e. The van der Waals surface area contributed by atoms with E-state index < -0.39 is 0 Å². The van der Waals surface area contributed by atoms with Gasteiger partial charge >= 0.3 is 102 Å². The molecule has 1 rings (SSSR count). The van der Waals surface area contributed by atoms with Gasteiger partial charge in [0.05, 0.1) is 0 Å². The van der Waals surface area contributed by atoms with E-state index in [0.29, 0.717) is 0 Å². The Kier molecular flexibility index (Phi) is 20.7. The Morgan fingerprint density at radius 2 is 0.880 bits per heavy atom. The average molecular weight is 355 g/mol. The summed E-state index contributed by atoms with van der Waals surface area (Å²) in [5, 5.41) is 0. The molecule has 0 aliphatic rings. The van der Waals surface area contributed by atoms with Crippen LogP contribution in [0.3, 0.4) is 0 Å². The van der Waals surface area contributed by atoms with Crippen molar-refractivity contribution in [1.29, 1.82) is 0 Å². The minimum Gasteiger partial charge on any atom is -0.0620 e. The van der Waals surface area contributed by atoms with Crippen molar-refractivity contribution in [3.05, 3.63) is 35.4 Å². The zero-order chi connectivity index (χ0) is 18.6. The monoisotopic (exact) mass is 354 g/mol. The van der Waals surface area contributed by atoms with Crippen LogP contribution in [0.4, 0.5) is 0 Å². The third-order valence-electron chi connectivity index (χ3n) is 5.13. The Bertz CT molecular complexity index is 337. The molecule has 25 heavy (non-hydrogen) atoms. The van der Waals surface area contributed by atoms with Crippen molar-refractivity contribution in [1.82, 2.24) is 0 Å². The molecular formula is C24H43Na. The van der Waals surface area contributed by atoms with Crippen molar-refractivity contribution < 1.29 is 0 Å². The molecule has 0 unspecified atom stereocenters. The Labute approximate surface area is 177 Å². The standard InChI is InChI=1S/C16H33.C8H10.Na/c1-3-5-7-9-11-13-15-16-14-12-10-8-6-4-2;1-7-5-3-4-6-8(7)2;/h1,3-16H2,2H3;3-6H,1-2H3;. The Morgan fingerprint density at radius 1 is 0.560 bits per heavy atom. The van der Waals surface area contributed by atoms with Gasteiger partial charge in [-0.05, 0) is 25.0 Å². The van der Waals surface area contributed by atoms with Crippen LogP contribution in [0.1, 0.15) is 108 Å². The SMILES string of the molecule is CCCCCCCCCCCCCCC[CH2][Na].Cc1ccccc1C. The summed E-state index contributed by atoms with van der Waals surface area (Å²) in [6.45, 7) is 6.53. The first-order valence-electron chi connectivity index (χ1n) is 11.2. The second kappa shape index (κ2) is 20.5. The number of hydrogen-bond donors (Lipinski definition) is 0. The smallest absolute Gasteiger partial charge is 0.0395 e. The van der Waals surface area contributed by atoms with Crippen LogP contribution in [0, 0.1) is 13.8 Å². The van der Waals surface area contributed by atoms with Crippen molar-refractivity contribution in [2.24, 2.45) is 0 Å². The molecule has 0 saturated carbocycles. The normalized spacial score (nSPS) is 10.4. The fraction of sp³-hybridized carbons (Fsp3) is 0.750. The predicted octanol–water partition coefficient (Wildman–Crippen LogP) is 8.36. The zero-order valence-electron chi connectivity index (χ0n) is 17.9. The van der Waals surface area contributed by atoms with Crippen LogP contribution in [-0.4, -0.2) is 27.9 Å². The fourth-order valence-corrected chi connectivity index (χ4v) is 3.61. The van der Waals surface area contributed by atoms with Crippen LogP contribution in [0.5, 0.6) is 0 Å². The van der Waals surface area contributed by atoms with E-state index in [9.17, 15) is 0 Å². The molecular weight excluding hydrogens is 311 g/mol. The number of unbranched alkanes of at least 4 members (excludes halogenated alkanes) is 13. The Balaban J connectivity index is 0.000000593. The molecule has 0 amide bonds. The topological polar surface area (TPSA) is 0 Å².